The smallest absolute Gasteiger partial charge is 0.235 e. The Labute approximate surface area is 174 Å². The molecule has 0 saturated carbocycles. The molecular formula is C20H22ClN5OS. The van der Waals surface area contributed by atoms with Gasteiger partial charge in [0, 0.05) is 23.8 Å². The van der Waals surface area contributed by atoms with Crippen molar-refractivity contribution >= 4 is 40.4 Å². The minimum Gasteiger partial charge on any atom is -0.349 e. The number of nitrogens with one attached hydrogen (secondary N) is 3. The number of fused-ring (bicyclic) bond motifs is 1. The maximum atomic E-state index is 12.8. The van der Waals surface area contributed by atoms with Crippen molar-refractivity contribution in [3.8, 4) is 0 Å². The maximum absolute atomic E-state index is 12.8. The third-order valence-electron chi connectivity index (χ3n) is 5.19. The van der Waals surface area contributed by atoms with Crippen LogP contribution in [-0.4, -0.2) is 34.8 Å². The topological polar surface area (TPSA) is 82.4 Å². The summed E-state index contributed by atoms with van der Waals surface area (Å²) in [5.74, 6) is -0.833. The summed E-state index contributed by atoms with van der Waals surface area (Å²) < 4.78 is 0. The zero-order chi connectivity index (χ0) is 19.7. The highest BCUT2D eigenvalue weighted by Gasteiger charge is 2.39. The number of thiocarbonyl (C=S) groups is 1. The SMILES string of the molecule is NC1NC(N2CCc3ccccc3C2)NC(=O)C1C(=S)Nc1ccc(Cl)cc1. The molecule has 1 saturated heterocycles. The Bertz CT molecular complexity index is 890. The van der Waals surface area contributed by atoms with Gasteiger partial charge >= 0.3 is 0 Å². The van der Waals surface area contributed by atoms with Gasteiger partial charge in [-0.25, -0.2) is 0 Å². The Balaban J connectivity index is 1.41. The zero-order valence-electron chi connectivity index (χ0n) is 15.2. The molecule has 0 radical (unpaired) electrons. The molecule has 146 valence electrons. The molecule has 4 rings (SSSR count). The average molecular weight is 416 g/mol. The van der Waals surface area contributed by atoms with Crippen molar-refractivity contribution in [2.75, 3.05) is 11.9 Å². The summed E-state index contributed by atoms with van der Waals surface area (Å²) in [6, 6.07) is 15.5. The minimum absolute atomic E-state index is 0.179. The molecule has 6 nitrogen and oxygen atoms in total. The Kier molecular flexibility index (Phi) is 5.61. The molecule has 8 heteroatoms. The van der Waals surface area contributed by atoms with E-state index in [9.17, 15) is 4.79 Å². The second kappa shape index (κ2) is 8.14. The van der Waals surface area contributed by atoms with Gasteiger partial charge in [-0.3, -0.25) is 15.0 Å². The number of hydrogen-bond donors (Lipinski definition) is 4. The molecule has 1 fully saturated rings. The third-order valence-corrected chi connectivity index (χ3v) is 5.80. The van der Waals surface area contributed by atoms with Gasteiger partial charge in [0.05, 0.1) is 11.2 Å². The van der Waals surface area contributed by atoms with Crippen LogP contribution in [-0.2, 0) is 17.8 Å². The number of rotatable bonds is 3. The van der Waals surface area contributed by atoms with E-state index in [2.05, 4.69) is 39.0 Å². The fraction of sp³-hybridized carbons (Fsp3) is 0.300. The van der Waals surface area contributed by atoms with Crippen molar-refractivity contribution < 1.29 is 4.79 Å². The van der Waals surface area contributed by atoms with Crippen LogP contribution >= 0.6 is 23.8 Å². The second-order valence-corrected chi connectivity index (χ2v) is 7.94. The minimum atomic E-state index is -0.654. The first-order chi connectivity index (χ1) is 13.5. The van der Waals surface area contributed by atoms with Crippen LogP contribution in [0.25, 0.3) is 0 Å². The number of carbonyl (C=O) groups is 1. The Morgan fingerprint density at radius 1 is 1.18 bits per heavy atom. The molecule has 3 unspecified atom stereocenters. The van der Waals surface area contributed by atoms with Gasteiger partial charge in [-0.05, 0) is 41.8 Å². The summed E-state index contributed by atoms with van der Waals surface area (Å²) in [5, 5.41) is 10.0. The van der Waals surface area contributed by atoms with Crippen molar-refractivity contribution in [1.82, 2.24) is 15.5 Å². The molecule has 28 heavy (non-hydrogen) atoms. The van der Waals surface area contributed by atoms with E-state index in [-0.39, 0.29) is 12.2 Å². The molecule has 0 aromatic heterocycles. The van der Waals surface area contributed by atoms with E-state index in [4.69, 9.17) is 29.6 Å². The quantitative estimate of drug-likeness (QED) is 0.574. The van der Waals surface area contributed by atoms with Gasteiger partial charge in [-0.15, -0.1) is 0 Å². The highest BCUT2D eigenvalue weighted by molar-refractivity contribution is 7.80. The van der Waals surface area contributed by atoms with Crippen molar-refractivity contribution in [3.05, 3.63) is 64.7 Å². The average Bonchev–Trinajstić information content (AvgIpc) is 2.69. The van der Waals surface area contributed by atoms with Crippen molar-refractivity contribution in [2.45, 2.75) is 25.4 Å². The number of carbonyl (C=O) groups excluding carboxylic acids is 1. The molecule has 1 amide bonds. The van der Waals surface area contributed by atoms with E-state index >= 15 is 0 Å². The molecule has 2 aliphatic rings. The van der Waals surface area contributed by atoms with Crippen LogP contribution in [0.1, 0.15) is 11.1 Å². The molecule has 2 aliphatic heterocycles. The van der Waals surface area contributed by atoms with Gasteiger partial charge in [0.1, 0.15) is 12.2 Å². The summed E-state index contributed by atoms with van der Waals surface area (Å²) in [5.41, 5.74) is 9.70. The lowest BCUT2D eigenvalue weighted by molar-refractivity contribution is -0.129. The van der Waals surface area contributed by atoms with Crippen LogP contribution in [0, 0.1) is 5.92 Å². The monoisotopic (exact) mass is 415 g/mol. The van der Waals surface area contributed by atoms with Crippen LogP contribution in [0.4, 0.5) is 5.69 Å². The van der Waals surface area contributed by atoms with Gasteiger partial charge in [-0.1, -0.05) is 48.1 Å². The highest BCUT2D eigenvalue weighted by Crippen LogP contribution is 2.22. The van der Waals surface area contributed by atoms with Crippen molar-refractivity contribution in [2.24, 2.45) is 11.7 Å². The molecule has 0 bridgehead atoms. The van der Waals surface area contributed by atoms with Crippen LogP contribution in [0.3, 0.4) is 0 Å². The van der Waals surface area contributed by atoms with Crippen LogP contribution < -0.4 is 21.7 Å². The molecule has 5 N–H and O–H groups in total. The lowest BCUT2D eigenvalue weighted by atomic mass is 9.99. The standard InChI is InChI=1S/C20H22ClN5OS/c21-14-5-7-15(8-6-14)23-19(28)16-17(22)24-20(25-18(16)27)26-10-9-12-3-1-2-4-13(12)11-26/h1-8,16-17,20,24H,9-11,22H2,(H,23,28)(H,25,27). The van der Waals surface area contributed by atoms with E-state index in [1.807, 2.05) is 18.2 Å². The fourth-order valence-electron chi connectivity index (χ4n) is 3.68. The van der Waals surface area contributed by atoms with Crippen LogP contribution in [0.2, 0.25) is 5.02 Å². The number of nitrogens with two attached hydrogens (primary N) is 1. The van der Waals surface area contributed by atoms with E-state index in [1.54, 1.807) is 12.1 Å². The fourth-order valence-corrected chi connectivity index (χ4v) is 4.18. The molecular weight excluding hydrogens is 394 g/mol. The van der Waals surface area contributed by atoms with Gasteiger partial charge in [0.15, 0.2) is 0 Å². The molecule has 3 atom stereocenters. The molecule has 2 heterocycles. The van der Waals surface area contributed by atoms with E-state index in [1.165, 1.54) is 11.1 Å². The second-order valence-electron chi connectivity index (χ2n) is 7.07. The number of hydrogen-bond acceptors (Lipinski definition) is 5. The normalized spacial score (nSPS) is 24.9. The first kappa shape index (κ1) is 19.3. The summed E-state index contributed by atoms with van der Waals surface area (Å²) >= 11 is 11.4. The predicted octanol–water partition coefficient (Wildman–Crippen LogP) is 2.04. The Morgan fingerprint density at radius 2 is 1.89 bits per heavy atom. The predicted molar refractivity (Wildman–Crippen MR) is 115 cm³/mol. The summed E-state index contributed by atoms with van der Waals surface area (Å²) in [6.07, 6.45) is 0.0491. The Hall–Kier alpha value is -2.03. The van der Waals surface area contributed by atoms with Crippen LogP contribution in [0.5, 0.6) is 0 Å². The van der Waals surface area contributed by atoms with Crippen molar-refractivity contribution in [3.63, 3.8) is 0 Å². The van der Waals surface area contributed by atoms with E-state index < -0.39 is 12.1 Å². The largest absolute Gasteiger partial charge is 0.349 e. The number of amides is 1. The lowest BCUT2D eigenvalue weighted by Crippen LogP contribution is -2.71. The lowest BCUT2D eigenvalue weighted by Gasteiger charge is -2.42. The van der Waals surface area contributed by atoms with Gasteiger partial charge < -0.3 is 16.4 Å². The van der Waals surface area contributed by atoms with E-state index in [0.717, 1.165) is 25.2 Å². The highest BCUT2D eigenvalue weighted by atomic mass is 35.5. The van der Waals surface area contributed by atoms with Gasteiger partial charge in [0.2, 0.25) is 5.91 Å². The molecule has 0 aliphatic carbocycles. The third kappa shape index (κ3) is 4.04. The summed E-state index contributed by atoms with van der Waals surface area (Å²) in [7, 11) is 0. The summed E-state index contributed by atoms with van der Waals surface area (Å²) in [6.45, 7) is 1.61. The molecule has 2 aromatic rings. The maximum Gasteiger partial charge on any atom is 0.235 e. The first-order valence-electron chi connectivity index (χ1n) is 9.20. The van der Waals surface area contributed by atoms with Gasteiger partial charge in [-0.2, -0.15) is 0 Å². The number of benzene rings is 2. The number of nitrogens with zero attached hydrogens (tertiary/aromatic N) is 1. The van der Waals surface area contributed by atoms with Gasteiger partial charge in [0.25, 0.3) is 0 Å². The van der Waals surface area contributed by atoms with Crippen molar-refractivity contribution in [1.29, 1.82) is 0 Å². The van der Waals surface area contributed by atoms with Crippen LogP contribution in [0.15, 0.2) is 48.5 Å². The summed E-state index contributed by atoms with van der Waals surface area (Å²) in [4.78, 5) is 15.3. The number of anilines is 1. The first-order valence-corrected chi connectivity index (χ1v) is 9.99. The molecule has 2 aromatic carbocycles. The number of halogens is 1. The van der Waals surface area contributed by atoms with E-state index in [0.29, 0.717) is 10.0 Å². The Morgan fingerprint density at radius 3 is 2.61 bits per heavy atom. The zero-order valence-corrected chi connectivity index (χ0v) is 16.8. The molecule has 0 spiro atoms.